The monoisotopic (exact) mass is 158 g/mol. The Morgan fingerprint density at radius 1 is 1.73 bits per heavy atom. The van der Waals surface area contributed by atoms with Gasteiger partial charge in [0.1, 0.15) is 0 Å². The van der Waals surface area contributed by atoms with Gasteiger partial charge in [-0.05, 0) is 9.91 Å². The molecule has 1 N–H and O–H groups in total. The van der Waals surface area contributed by atoms with E-state index in [0.717, 1.165) is 0 Å². The minimum Gasteiger partial charge on any atom is -0.502 e. The van der Waals surface area contributed by atoms with Crippen molar-refractivity contribution in [2.75, 3.05) is 0 Å². The van der Waals surface area contributed by atoms with Gasteiger partial charge in [-0.15, -0.1) is 0 Å². The van der Waals surface area contributed by atoms with Crippen molar-refractivity contribution in [3.05, 3.63) is 28.2 Å². The zero-order chi connectivity index (χ0) is 8.43. The smallest absolute Gasteiger partial charge is 0.366 e. The van der Waals surface area contributed by atoms with Crippen LogP contribution in [0, 0.1) is 15.9 Å². The maximum absolute atomic E-state index is 12.3. The van der Waals surface area contributed by atoms with E-state index in [1.807, 2.05) is 0 Å². The molecule has 11 heavy (non-hydrogen) atoms. The zero-order valence-electron chi connectivity index (χ0n) is 5.19. The van der Waals surface area contributed by atoms with Gasteiger partial charge in [-0.1, -0.05) is 0 Å². The molecule has 0 aliphatic heterocycles. The average molecular weight is 158 g/mol. The van der Waals surface area contributed by atoms with Gasteiger partial charge in [0, 0.05) is 0 Å². The predicted molar refractivity (Wildman–Crippen MR) is 32.5 cm³/mol. The van der Waals surface area contributed by atoms with Crippen LogP contribution >= 0.6 is 0 Å². The molecule has 0 unspecified atom stereocenters. The van der Waals surface area contributed by atoms with Crippen LogP contribution in [0.3, 0.4) is 0 Å². The van der Waals surface area contributed by atoms with Crippen molar-refractivity contribution in [1.82, 2.24) is 4.98 Å². The van der Waals surface area contributed by atoms with Gasteiger partial charge in [-0.3, -0.25) is 0 Å². The highest BCUT2D eigenvalue weighted by Crippen LogP contribution is 2.17. The molecule has 0 fully saturated rings. The van der Waals surface area contributed by atoms with E-state index in [2.05, 4.69) is 4.98 Å². The van der Waals surface area contributed by atoms with Crippen molar-refractivity contribution < 1.29 is 14.4 Å². The molecule has 0 atom stereocenters. The lowest BCUT2D eigenvalue weighted by molar-refractivity contribution is -0.389. The Balaban J connectivity index is 3.15. The number of nitro groups is 1. The first kappa shape index (κ1) is 7.39. The van der Waals surface area contributed by atoms with Crippen molar-refractivity contribution >= 4 is 5.82 Å². The Morgan fingerprint density at radius 3 is 2.82 bits per heavy atom. The number of hydrogen-bond acceptors (Lipinski definition) is 4. The Morgan fingerprint density at radius 2 is 2.36 bits per heavy atom. The molecule has 1 heterocycles. The summed E-state index contributed by atoms with van der Waals surface area (Å²) in [5, 5.41) is 18.5. The molecule has 0 saturated heterocycles. The van der Waals surface area contributed by atoms with E-state index in [1.165, 1.54) is 0 Å². The second-order valence-electron chi connectivity index (χ2n) is 1.75. The molecule has 0 saturated carbocycles. The van der Waals surface area contributed by atoms with Gasteiger partial charge in [0.05, 0.1) is 6.07 Å². The van der Waals surface area contributed by atoms with Crippen LogP contribution in [0.5, 0.6) is 5.75 Å². The lowest BCUT2D eigenvalue weighted by atomic mass is 10.4. The second kappa shape index (κ2) is 2.49. The lowest BCUT2D eigenvalue weighted by Crippen LogP contribution is -1.92. The van der Waals surface area contributed by atoms with Gasteiger partial charge in [0.25, 0.3) is 0 Å². The van der Waals surface area contributed by atoms with Crippen molar-refractivity contribution in [3.63, 3.8) is 0 Å². The summed E-state index contributed by atoms with van der Waals surface area (Å²) in [6.45, 7) is 0. The summed E-state index contributed by atoms with van der Waals surface area (Å²) in [5.74, 6) is -2.37. The summed E-state index contributed by atoms with van der Waals surface area (Å²) in [5.41, 5.74) is 0. The van der Waals surface area contributed by atoms with Crippen LogP contribution in [0.4, 0.5) is 10.2 Å². The molecule has 0 amide bonds. The third-order valence-electron chi connectivity index (χ3n) is 1.01. The number of rotatable bonds is 1. The van der Waals surface area contributed by atoms with E-state index < -0.39 is 22.3 Å². The molecule has 0 aliphatic rings. The van der Waals surface area contributed by atoms with E-state index in [0.29, 0.717) is 12.3 Å². The summed E-state index contributed by atoms with van der Waals surface area (Å²) in [6, 6.07) is 0.551. The molecule has 0 aromatic carbocycles. The van der Waals surface area contributed by atoms with Crippen LogP contribution in [0.1, 0.15) is 0 Å². The number of nitrogens with zero attached hydrogens (tertiary/aromatic N) is 2. The summed E-state index contributed by atoms with van der Waals surface area (Å²) < 4.78 is 12.3. The Labute approximate surface area is 60.3 Å². The van der Waals surface area contributed by atoms with Crippen LogP contribution in [-0.4, -0.2) is 15.0 Å². The van der Waals surface area contributed by atoms with Crippen LogP contribution < -0.4 is 0 Å². The minimum atomic E-state index is -1.05. The molecule has 0 bridgehead atoms. The van der Waals surface area contributed by atoms with Crippen LogP contribution in [0.15, 0.2) is 12.3 Å². The maximum atomic E-state index is 12.3. The SMILES string of the molecule is O=[N+]([O-])c1cc(F)c(O)cn1. The molecule has 0 aliphatic carbocycles. The first-order valence-corrected chi connectivity index (χ1v) is 2.60. The van der Waals surface area contributed by atoms with E-state index >= 15 is 0 Å². The molecule has 6 heteroatoms. The number of hydrogen-bond donors (Lipinski definition) is 1. The largest absolute Gasteiger partial charge is 0.502 e. The van der Waals surface area contributed by atoms with Crippen molar-refractivity contribution in [2.24, 2.45) is 0 Å². The van der Waals surface area contributed by atoms with Crippen molar-refractivity contribution in [2.45, 2.75) is 0 Å². The van der Waals surface area contributed by atoms with Gasteiger partial charge < -0.3 is 15.2 Å². The lowest BCUT2D eigenvalue weighted by Gasteiger charge is -1.92. The van der Waals surface area contributed by atoms with Crippen molar-refractivity contribution in [3.8, 4) is 5.75 Å². The normalized spacial score (nSPS) is 9.55. The number of aromatic nitrogens is 1. The quantitative estimate of drug-likeness (QED) is 0.485. The highest BCUT2D eigenvalue weighted by molar-refractivity contribution is 5.27. The first-order chi connectivity index (χ1) is 5.11. The molecule has 0 radical (unpaired) electrons. The maximum Gasteiger partial charge on any atom is 0.366 e. The van der Waals surface area contributed by atoms with E-state index in [9.17, 15) is 14.5 Å². The van der Waals surface area contributed by atoms with Gasteiger partial charge in [-0.2, -0.15) is 0 Å². The zero-order valence-corrected chi connectivity index (χ0v) is 5.19. The predicted octanol–water partition coefficient (Wildman–Crippen LogP) is 0.834. The molecule has 1 aromatic rings. The fraction of sp³-hybridized carbons (Fsp3) is 0. The fourth-order valence-corrected chi connectivity index (χ4v) is 0.513. The molecule has 58 valence electrons. The third-order valence-corrected chi connectivity index (χ3v) is 1.01. The van der Waals surface area contributed by atoms with E-state index in [1.54, 1.807) is 0 Å². The van der Waals surface area contributed by atoms with Gasteiger partial charge in [0.15, 0.2) is 17.8 Å². The van der Waals surface area contributed by atoms with Crippen LogP contribution in [0.25, 0.3) is 0 Å². The van der Waals surface area contributed by atoms with E-state index in [4.69, 9.17) is 5.11 Å². The second-order valence-corrected chi connectivity index (χ2v) is 1.75. The van der Waals surface area contributed by atoms with Gasteiger partial charge >= 0.3 is 5.82 Å². The molecule has 5 nitrogen and oxygen atoms in total. The van der Waals surface area contributed by atoms with Crippen molar-refractivity contribution in [1.29, 1.82) is 0 Å². The summed E-state index contributed by atoms with van der Waals surface area (Å²) in [6.07, 6.45) is 0.688. The Hall–Kier alpha value is -1.72. The topological polar surface area (TPSA) is 76.3 Å². The molecule has 0 spiro atoms. The minimum absolute atomic E-state index is 0.551. The highest BCUT2D eigenvalue weighted by atomic mass is 19.1. The summed E-state index contributed by atoms with van der Waals surface area (Å²) in [4.78, 5) is 12.3. The highest BCUT2D eigenvalue weighted by Gasteiger charge is 2.11. The fourth-order valence-electron chi connectivity index (χ4n) is 0.513. The molecular weight excluding hydrogens is 155 g/mol. The molecule has 1 aromatic heterocycles. The molecular formula is C5H3FN2O3. The number of pyridine rings is 1. The first-order valence-electron chi connectivity index (χ1n) is 2.60. The van der Waals surface area contributed by atoms with Gasteiger partial charge in [-0.25, -0.2) is 4.39 Å². The molecule has 1 rings (SSSR count). The third kappa shape index (κ3) is 1.40. The number of aromatic hydroxyl groups is 1. The summed E-state index contributed by atoms with van der Waals surface area (Å²) >= 11 is 0. The Bertz CT molecular complexity index is 302. The number of halogens is 1. The Kier molecular flexibility index (Phi) is 1.67. The summed E-state index contributed by atoms with van der Waals surface area (Å²) in [7, 11) is 0. The average Bonchev–Trinajstić information content (AvgIpc) is 1.94. The van der Waals surface area contributed by atoms with E-state index in [-0.39, 0.29) is 0 Å². The van der Waals surface area contributed by atoms with Crippen LogP contribution in [-0.2, 0) is 0 Å². The van der Waals surface area contributed by atoms with Gasteiger partial charge in [0.2, 0.25) is 0 Å². The van der Waals surface area contributed by atoms with Crippen LogP contribution in [0.2, 0.25) is 0 Å². The standard InChI is InChI=1S/C5H3FN2O3/c6-3-1-5(8(10)11)7-2-4(3)9/h1-2,9H.